The van der Waals surface area contributed by atoms with Gasteiger partial charge >= 0.3 is 5.97 Å². The lowest BCUT2D eigenvalue weighted by Crippen LogP contribution is -2.28. The molecule has 11 heteroatoms. The molecule has 0 saturated carbocycles. The Bertz CT molecular complexity index is 896. The van der Waals surface area contributed by atoms with Gasteiger partial charge in [0.05, 0.1) is 11.3 Å². The van der Waals surface area contributed by atoms with E-state index < -0.39 is 28.5 Å². The van der Waals surface area contributed by atoms with Gasteiger partial charge in [-0.1, -0.05) is 22.8 Å². The Labute approximate surface area is 154 Å². The summed E-state index contributed by atoms with van der Waals surface area (Å²) in [7, 11) is -3.79. The van der Waals surface area contributed by atoms with E-state index in [0.717, 1.165) is 0 Å². The number of benzene rings is 1. The molecule has 140 valence electrons. The fourth-order valence-corrected chi connectivity index (χ4v) is 3.16. The summed E-state index contributed by atoms with van der Waals surface area (Å²) in [4.78, 5) is 23.2. The molecule has 0 aliphatic rings. The van der Waals surface area contributed by atoms with Gasteiger partial charge in [-0.15, -0.1) is 0 Å². The van der Waals surface area contributed by atoms with Crippen molar-refractivity contribution in [2.45, 2.75) is 18.2 Å². The highest BCUT2D eigenvalue weighted by atomic mass is 35.5. The number of aryl methyl sites for hydroxylation is 1. The number of sulfonamides is 1. The van der Waals surface area contributed by atoms with E-state index in [1.165, 1.54) is 24.3 Å². The smallest absolute Gasteiger partial charge is 0.307 e. The topological polar surface area (TPSA) is 128 Å². The van der Waals surface area contributed by atoms with Crippen molar-refractivity contribution in [3.8, 4) is 0 Å². The normalized spacial score (nSPS) is 11.2. The van der Waals surface area contributed by atoms with Crippen LogP contribution in [-0.4, -0.2) is 38.6 Å². The molecule has 0 unspecified atom stereocenters. The van der Waals surface area contributed by atoms with Gasteiger partial charge in [0.1, 0.15) is 5.76 Å². The van der Waals surface area contributed by atoms with Crippen LogP contribution in [-0.2, 0) is 24.3 Å². The lowest BCUT2D eigenvalue weighted by atomic mass is 10.4. The second-order valence-corrected chi connectivity index (χ2v) is 7.34. The van der Waals surface area contributed by atoms with Crippen molar-refractivity contribution >= 4 is 39.3 Å². The molecule has 0 atom stereocenters. The van der Waals surface area contributed by atoms with Crippen LogP contribution in [0.4, 0.5) is 5.82 Å². The highest BCUT2D eigenvalue weighted by molar-refractivity contribution is 7.89. The minimum absolute atomic E-state index is 0.0133. The van der Waals surface area contributed by atoms with Crippen LogP contribution >= 0.6 is 11.6 Å². The predicted molar refractivity (Wildman–Crippen MR) is 92.1 cm³/mol. The van der Waals surface area contributed by atoms with Crippen molar-refractivity contribution in [2.75, 3.05) is 18.5 Å². The third kappa shape index (κ3) is 6.14. The van der Waals surface area contributed by atoms with Crippen LogP contribution in [0, 0.1) is 6.92 Å². The molecular formula is C15H16ClN3O6S. The lowest BCUT2D eigenvalue weighted by molar-refractivity contribution is -0.147. The first-order valence-corrected chi connectivity index (χ1v) is 9.26. The zero-order chi connectivity index (χ0) is 19.2. The molecule has 2 N–H and O–H groups in total. The zero-order valence-corrected chi connectivity index (χ0v) is 15.3. The molecule has 2 rings (SSSR count). The highest BCUT2D eigenvalue weighted by Crippen LogP contribution is 2.15. The number of anilines is 1. The van der Waals surface area contributed by atoms with Crippen molar-refractivity contribution in [2.24, 2.45) is 0 Å². The summed E-state index contributed by atoms with van der Waals surface area (Å²) in [5, 5.41) is 6.22. The monoisotopic (exact) mass is 401 g/mol. The van der Waals surface area contributed by atoms with Gasteiger partial charge in [-0.2, -0.15) is 0 Å². The van der Waals surface area contributed by atoms with Crippen molar-refractivity contribution in [1.82, 2.24) is 9.88 Å². The quantitative estimate of drug-likeness (QED) is 0.641. The average Bonchev–Trinajstić information content (AvgIpc) is 2.97. The Kier molecular flexibility index (Phi) is 6.72. The molecular weight excluding hydrogens is 386 g/mol. The van der Waals surface area contributed by atoms with Gasteiger partial charge in [0, 0.05) is 17.6 Å². The molecule has 1 amide bonds. The Balaban J connectivity index is 1.72. The third-order valence-corrected chi connectivity index (χ3v) is 4.68. The summed E-state index contributed by atoms with van der Waals surface area (Å²) in [5.41, 5.74) is 0. The number of carbonyl (C=O) groups is 2. The fraction of sp³-hybridized carbons (Fsp3) is 0.267. The average molecular weight is 402 g/mol. The molecule has 0 spiro atoms. The SMILES string of the molecule is Cc1cc(NC(=O)COC(=O)CCNS(=O)(=O)c2cccc(Cl)c2)no1. The minimum atomic E-state index is -3.79. The number of carbonyl (C=O) groups excluding carboxylic acids is 2. The van der Waals surface area contributed by atoms with E-state index in [9.17, 15) is 18.0 Å². The summed E-state index contributed by atoms with van der Waals surface area (Å²) in [6, 6.07) is 7.22. The first-order valence-electron chi connectivity index (χ1n) is 7.40. The maximum absolute atomic E-state index is 12.0. The van der Waals surface area contributed by atoms with E-state index in [1.807, 2.05) is 0 Å². The second kappa shape index (κ2) is 8.79. The van der Waals surface area contributed by atoms with Gasteiger partial charge in [-0.3, -0.25) is 9.59 Å². The standard InChI is InChI=1S/C15H16ClN3O6S/c1-10-7-13(19-25-10)18-14(20)9-24-15(21)5-6-17-26(22,23)12-4-2-3-11(16)8-12/h2-4,7-8,17H,5-6,9H2,1H3,(H,18,19,20). The number of nitrogens with one attached hydrogen (secondary N) is 2. The van der Waals surface area contributed by atoms with Crippen molar-refractivity contribution in [1.29, 1.82) is 0 Å². The molecule has 0 radical (unpaired) electrons. The Morgan fingerprint density at radius 2 is 2.08 bits per heavy atom. The minimum Gasteiger partial charge on any atom is -0.456 e. The van der Waals surface area contributed by atoms with Gasteiger partial charge in [-0.25, -0.2) is 13.1 Å². The van der Waals surface area contributed by atoms with E-state index in [-0.39, 0.29) is 28.7 Å². The summed E-state index contributed by atoms with van der Waals surface area (Å²) in [6.07, 6.45) is -0.240. The number of nitrogens with zero attached hydrogens (tertiary/aromatic N) is 1. The van der Waals surface area contributed by atoms with E-state index in [1.54, 1.807) is 13.0 Å². The van der Waals surface area contributed by atoms with Crippen molar-refractivity contribution < 1.29 is 27.3 Å². The highest BCUT2D eigenvalue weighted by Gasteiger charge is 2.15. The zero-order valence-electron chi connectivity index (χ0n) is 13.7. The fourth-order valence-electron chi connectivity index (χ4n) is 1.83. The molecule has 9 nitrogen and oxygen atoms in total. The number of halogens is 1. The Morgan fingerprint density at radius 1 is 1.31 bits per heavy atom. The summed E-state index contributed by atoms with van der Waals surface area (Å²) in [6.45, 7) is 0.955. The van der Waals surface area contributed by atoms with Crippen LogP contribution < -0.4 is 10.0 Å². The molecule has 0 saturated heterocycles. The number of hydrogen-bond donors (Lipinski definition) is 2. The lowest BCUT2D eigenvalue weighted by Gasteiger charge is -2.07. The molecule has 0 fully saturated rings. The largest absolute Gasteiger partial charge is 0.456 e. The molecule has 1 aromatic heterocycles. The van der Waals surface area contributed by atoms with Gasteiger partial charge in [0.2, 0.25) is 10.0 Å². The number of aromatic nitrogens is 1. The van der Waals surface area contributed by atoms with Crippen LogP contribution in [0.25, 0.3) is 0 Å². The number of rotatable bonds is 8. The van der Waals surface area contributed by atoms with Crippen LogP contribution in [0.5, 0.6) is 0 Å². The molecule has 26 heavy (non-hydrogen) atoms. The first kappa shape index (κ1) is 19.9. The van der Waals surface area contributed by atoms with Crippen molar-refractivity contribution in [3.63, 3.8) is 0 Å². The Hall–Kier alpha value is -2.43. The molecule has 0 aliphatic heterocycles. The Morgan fingerprint density at radius 3 is 2.73 bits per heavy atom. The maximum atomic E-state index is 12.0. The van der Waals surface area contributed by atoms with Gasteiger partial charge < -0.3 is 14.6 Å². The molecule has 1 heterocycles. The summed E-state index contributed by atoms with van der Waals surface area (Å²) in [5.74, 6) is -0.599. The van der Waals surface area contributed by atoms with E-state index >= 15 is 0 Å². The van der Waals surface area contributed by atoms with Gasteiger partial charge in [0.25, 0.3) is 5.91 Å². The molecule has 0 bridgehead atoms. The van der Waals surface area contributed by atoms with Crippen molar-refractivity contribution in [3.05, 3.63) is 41.1 Å². The van der Waals surface area contributed by atoms with E-state index in [0.29, 0.717) is 5.76 Å². The van der Waals surface area contributed by atoms with Crippen LogP contribution in [0.3, 0.4) is 0 Å². The number of ether oxygens (including phenoxy) is 1. The molecule has 0 aliphatic carbocycles. The molecule has 1 aromatic carbocycles. The maximum Gasteiger partial charge on any atom is 0.307 e. The van der Waals surface area contributed by atoms with Gasteiger partial charge in [0.15, 0.2) is 12.4 Å². The van der Waals surface area contributed by atoms with Crippen LogP contribution in [0.15, 0.2) is 39.8 Å². The van der Waals surface area contributed by atoms with Gasteiger partial charge in [-0.05, 0) is 25.1 Å². The summed E-state index contributed by atoms with van der Waals surface area (Å²) >= 11 is 5.75. The number of hydrogen-bond acceptors (Lipinski definition) is 7. The van der Waals surface area contributed by atoms with E-state index in [4.69, 9.17) is 20.9 Å². The first-order chi connectivity index (χ1) is 12.3. The number of esters is 1. The second-order valence-electron chi connectivity index (χ2n) is 5.14. The van der Waals surface area contributed by atoms with E-state index in [2.05, 4.69) is 15.2 Å². The third-order valence-electron chi connectivity index (χ3n) is 2.99. The summed E-state index contributed by atoms with van der Waals surface area (Å²) < 4.78 is 35.9. The van der Waals surface area contributed by atoms with Crippen LogP contribution in [0.2, 0.25) is 5.02 Å². The number of amides is 1. The molecule has 2 aromatic rings. The van der Waals surface area contributed by atoms with Crippen LogP contribution in [0.1, 0.15) is 12.2 Å². The predicted octanol–water partition coefficient (Wildman–Crippen LogP) is 1.49.